The lowest BCUT2D eigenvalue weighted by molar-refractivity contribution is 1.36. The molecule has 0 radical (unpaired) electrons. The van der Waals surface area contributed by atoms with E-state index in [2.05, 4.69) is 81.6 Å². The molecule has 4 heterocycles. The molecule has 9 rings (SSSR count). The molecular formula is C30H14Cl2N2. The average molecular weight is 473 g/mol. The normalized spacial score (nSPS) is 13.0. The van der Waals surface area contributed by atoms with Crippen molar-refractivity contribution in [2.75, 3.05) is 0 Å². The molecule has 0 N–H and O–H groups in total. The topological polar surface area (TPSA) is 8.82 Å². The molecule has 0 bridgehead atoms. The van der Waals surface area contributed by atoms with Gasteiger partial charge in [0.15, 0.2) is 0 Å². The third-order valence-corrected chi connectivity index (χ3v) is 8.34. The summed E-state index contributed by atoms with van der Waals surface area (Å²) in [6.45, 7) is 0. The van der Waals surface area contributed by atoms with Crippen LogP contribution in [0.3, 0.4) is 0 Å². The largest absolute Gasteiger partial charge is 0.308 e. The third-order valence-electron chi connectivity index (χ3n) is 7.71. The number of hydrogen-bond acceptors (Lipinski definition) is 0. The van der Waals surface area contributed by atoms with Gasteiger partial charge in [0, 0.05) is 43.1 Å². The Kier molecular flexibility index (Phi) is 2.95. The van der Waals surface area contributed by atoms with E-state index in [1.165, 1.54) is 65.4 Å². The number of hydrogen-bond donors (Lipinski definition) is 0. The highest BCUT2D eigenvalue weighted by Crippen LogP contribution is 2.46. The molecule has 5 aromatic carbocycles. The van der Waals surface area contributed by atoms with Gasteiger partial charge < -0.3 is 8.80 Å². The number of aromatic nitrogens is 2. The van der Waals surface area contributed by atoms with Gasteiger partial charge in [-0.2, -0.15) is 0 Å². The number of nitrogens with zero attached hydrogens (tertiary/aromatic N) is 2. The molecule has 0 spiro atoms. The molecule has 4 heteroatoms. The maximum absolute atomic E-state index is 6.75. The van der Waals surface area contributed by atoms with Crippen LogP contribution in [0.1, 0.15) is 0 Å². The van der Waals surface area contributed by atoms with Gasteiger partial charge in [-0.25, -0.2) is 0 Å². The minimum Gasteiger partial charge on any atom is -0.308 e. The zero-order chi connectivity index (χ0) is 22.3. The Labute approximate surface area is 202 Å². The van der Waals surface area contributed by atoms with Crippen LogP contribution in [0.25, 0.3) is 76.2 Å². The lowest BCUT2D eigenvalue weighted by Gasteiger charge is -2.01. The maximum Gasteiger partial charge on any atom is 0.0635 e. The van der Waals surface area contributed by atoms with Crippen LogP contribution in [0.15, 0.2) is 84.9 Å². The molecule has 0 unspecified atom stereocenters. The zero-order valence-corrected chi connectivity index (χ0v) is 19.2. The van der Waals surface area contributed by atoms with Gasteiger partial charge in [0.2, 0.25) is 0 Å². The number of halogens is 2. The van der Waals surface area contributed by atoms with E-state index in [0.717, 1.165) is 20.8 Å². The molecular weight excluding hydrogens is 459 g/mol. The number of fused-ring (bicyclic) bond motifs is 12. The summed E-state index contributed by atoms with van der Waals surface area (Å²) >= 11 is 13.5. The van der Waals surface area contributed by atoms with E-state index in [-0.39, 0.29) is 0 Å². The third kappa shape index (κ3) is 1.80. The van der Waals surface area contributed by atoms with Gasteiger partial charge in [-0.3, -0.25) is 0 Å². The van der Waals surface area contributed by atoms with Gasteiger partial charge in [-0.1, -0.05) is 71.7 Å². The molecule has 9 aromatic rings. The first kappa shape index (κ1) is 17.7. The highest BCUT2D eigenvalue weighted by molar-refractivity contribution is 6.42. The van der Waals surface area contributed by atoms with Crippen LogP contribution in [0, 0.1) is 0 Å². The first-order valence-electron chi connectivity index (χ1n) is 11.4. The fraction of sp³-hybridized carbons (Fsp3) is 0. The van der Waals surface area contributed by atoms with Crippen molar-refractivity contribution in [3.8, 4) is 0 Å². The van der Waals surface area contributed by atoms with Crippen molar-refractivity contribution in [3.63, 3.8) is 0 Å². The summed E-state index contributed by atoms with van der Waals surface area (Å²) in [4.78, 5) is 0. The summed E-state index contributed by atoms with van der Waals surface area (Å²) < 4.78 is 4.78. The molecule has 0 aliphatic carbocycles. The predicted octanol–water partition coefficient (Wildman–Crippen LogP) is 9.29. The Hall–Kier alpha value is -3.72. The van der Waals surface area contributed by atoms with Crippen molar-refractivity contribution in [1.82, 2.24) is 8.80 Å². The van der Waals surface area contributed by atoms with Gasteiger partial charge in [0.1, 0.15) is 0 Å². The predicted molar refractivity (Wildman–Crippen MR) is 146 cm³/mol. The van der Waals surface area contributed by atoms with Gasteiger partial charge in [0.05, 0.1) is 43.1 Å². The zero-order valence-electron chi connectivity index (χ0n) is 17.7. The second-order valence-corrected chi connectivity index (χ2v) is 10.0. The summed E-state index contributed by atoms with van der Waals surface area (Å²) in [6.07, 6.45) is 0. The second kappa shape index (κ2) is 5.67. The van der Waals surface area contributed by atoms with Crippen LogP contribution in [0.4, 0.5) is 0 Å². The monoisotopic (exact) mass is 472 g/mol. The maximum atomic E-state index is 6.75. The Morgan fingerprint density at radius 3 is 1.32 bits per heavy atom. The SMILES string of the molecule is Clc1ccc2c3cc4c(cc3n3c5ccccc5c1c23)c1ccc(Cl)c2c3ccccc3n4c12. The van der Waals surface area contributed by atoms with E-state index in [9.17, 15) is 0 Å². The van der Waals surface area contributed by atoms with Crippen molar-refractivity contribution in [1.29, 1.82) is 0 Å². The summed E-state index contributed by atoms with van der Waals surface area (Å²) in [5.74, 6) is 0. The number of rotatable bonds is 0. The van der Waals surface area contributed by atoms with Crippen LogP contribution >= 0.6 is 23.2 Å². The van der Waals surface area contributed by atoms with Crippen molar-refractivity contribution in [3.05, 3.63) is 95.0 Å². The van der Waals surface area contributed by atoms with E-state index in [4.69, 9.17) is 23.2 Å². The summed E-state index contributed by atoms with van der Waals surface area (Å²) in [6, 6.07) is 30.2. The summed E-state index contributed by atoms with van der Waals surface area (Å²) in [5, 5.41) is 11.2. The van der Waals surface area contributed by atoms with Gasteiger partial charge in [-0.15, -0.1) is 0 Å². The van der Waals surface area contributed by atoms with Gasteiger partial charge in [-0.05, 0) is 36.4 Å². The van der Waals surface area contributed by atoms with E-state index in [0.29, 0.717) is 0 Å². The van der Waals surface area contributed by atoms with Gasteiger partial charge >= 0.3 is 0 Å². The molecule has 0 aliphatic heterocycles. The van der Waals surface area contributed by atoms with Crippen molar-refractivity contribution >= 4 is 99.4 Å². The molecule has 0 atom stereocenters. The van der Waals surface area contributed by atoms with Crippen LogP contribution in [0.2, 0.25) is 10.0 Å². The van der Waals surface area contributed by atoms with Crippen LogP contribution in [-0.2, 0) is 0 Å². The molecule has 158 valence electrons. The van der Waals surface area contributed by atoms with Crippen LogP contribution in [0.5, 0.6) is 0 Å². The number of benzene rings is 5. The van der Waals surface area contributed by atoms with Crippen molar-refractivity contribution < 1.29 is 0 Å². The first-order chi connectivity index (χ1) is 16.7. The average Bonchev–Trinajstić information content (AvgIpc) is 3.56. The van der Waals surface area contributed by atoms with Gasteiger partial charge in [0.25, 0.3) is 0 Å². The molecule has 34 heavy (non-hydrogen) atoms. The number of para-hydroxylation sites is 2. The fourth-order valence-electron chi connectivity index (χ4n) is 6.42. The van der Waals surface area contributed by atoms with Crippen molar-refractivity contribution in [2.45, 2.75) is 0 Å². The Bertz CT molecular complexity index is 2140. The standard InChI is InChI=1S/C30H14Cl2N2/c31-21-11-9-15-19-14-26-20(13-25(19)33-23-7-3-1-5-17(23)27(21)29(15)33)16-10-12-22(32)28-18-6-2-4-8-24(18)34(26)30(16)28/h1-14H. The molecule has 0 saturated carbocycles. The molecule has 4 aromatic heterocycles. The molecule has 0 saturated heterocycles. The Morgan fingerprint density at radius 1 is 0.412 bits per heavy atom. The molecule has 0 amide bonds. The minimum absolute atomic E-state index is 0.798. The summed E-state index contributed by atoms with van der Waals surface area (Å²) in [5.41, 5.74) is 7.20. The van der Waals surface area contributed by atoms with Crippen molar-refractivity contribution in [2.24, 2.45) is 0 Å². The Morgan fingerprint density at radius 2 is 0.853 bits per heavy atom. The quantitative estimate of drug-likeness (QED) is 0.208. The molecule has 0 aliphatic rings. The minimum atomic E-state index is 0.798. The second-order valence-electron chi connectivity index (χ2n) is 9.23. The lowest BCUT2D eigenvalue weighted by Crippen LogP contribution is -1.82. The van der Waals surface area contributed by atoms with E-state index in [1.807, 2.05) is 12.1 Å². The molecule has 2 nitrogen and oxygen atoms in total. The Balaban J connectivity index is 1.63. The lowest BCUT2D eigenvalue weighted by atomic mass is 10.0. The molecule has 0 fully saturated rings. The fourth-order valence-corrected chi connectivity index (χ4v) is 6.93. The summed E-state index contributed by atoms with van der Waals surface area (Å²) in [7, 11) is 0. The van der Waals surface area contributed by atoms with Crippen LogP contribution in [-0.4, -0.2) is 8.80 Å². The highest BCUT2D eigenvalue weighted by Gasteiger charge is 2.23. The van der Waals surface area contributed by atoms with E-state index < -0.39 is 0 Å². The van der Waals surface area contributed by atoms with E-state index >= 15 is 0 Å². The van der Waals surface area contributed by atoms with Crippen LogP contribution < -0.4 is 0 Å². The van der Waals surface area contributed by atoms with E-state index in [1.54, 1.807) is 0 Å². The first-order valence-corrected chi connectivity index (χ1v) is 12.1. The smallest absolute Gasteiger partial charge is 0.0635 e. The highest BCUT2D eigenvalue weighted by atomic mass is 35.5.